The first-order chi connectivity index (χ1) is 8.95. The second-order valence-electron chi connectivity index (χ2n) is 4.35. The van der Waals surface area contributed by atoms with E-state index in [0.717, 1.165) is 6.42 Å². The fraction of sp³-hybridized carbons (Fsp3) is 0.385. The highest BCUT2D eigenvalue weighted by Crippen LogP contribution is 2.21. The van der Waals surface area contributed by atoms with Crippen molar-refractivity contribution in [1.82, 2.24) is 5.32 Å². The summed E-state index contributed by atoms with van der Waals surface area (Å²) < 4.78 is 0. The van der Waals surface area contributed by atoms with E-state index in [1.165, 1.54) is 6.07 Å². The SMILES string of the molecule is CCCNC(=O)CN(C)c1ccc(N)cc1C(N)=O. The van der Waals surface area contributed by atoms with E-state index in [2.05, 4.69) is 5.32 Å². The van der Waals surface area contributed by atoms with Gasteiger partial charge >= 0.3 is 0 Å². The molecule has 5 N–H and O–H groups in total. The van der Waals surface area contributed by atoms with E-state index in [-0.39, 0.29) is 12.5 Å². The van der Waals surface area contributed by atoms with E-state index in [1.54, 1.807) is 24.1 Å². The van der Waals surface area contributed by atoms with Crippen molar-refractivity contribution in [1.29, 1.82) is 0 Å². The van der Waals surface area contributed by atoms with Crippen molar-refractivity contribution in [3.8, 4) is 0 Å². The lowest BCUT2D eigenvalue weighted by atomic mass is 10.1. The molecule has 0 aliphatic carbocycles. The molecule has 6 nitrogen and oxygen atoms in total. The van der Waals surface area contributed by atoms with Gasteiger partial charge in [-0.2, -0.15) is 0 Å². The molecule has 0 heterocycles. The van der Waals surface area contributed by atoms with Crippen LogP contribution in [-0.4, -0.2) is 32.0 Å². The number of primary amides is 1. The Bertz CT molecular complexity index is 474. The Morgan fingerprint density at radius 1 is 1.37 bits per heavy atom. The molecule has 0 fully saturated rings. The molecular weight excluding hydrogens is 244 g/mol. The van der Waals surface area contributed by atoms with E-state index < -0.39 is 5.91 Å². The van der Waals surface area contributed by atoms with Gasteiger partial charge < -0.3 is 21.7 Å². The van der Waals surface area contributed by atoms with Gasteiger partial charge in [0.05, 0.1) is 12.1 Å². The largest absolute Gasteiger partial charge is 0.399 e. The van der Waals surface area contributed by atoms with Crippen molar-refractivity contribution in [2.45, 2.75) is 13.3 Å². The number of carbonyl (C=O) groups is 2. The fourth-order valence-electron chi connectivity index (χ4n) is 1.70. The van der Waals surface area contributed by atoms with Gasteiger partial charge in [-0.25, -0.2) is 0 Å². The molecule has 0 atom stereocenters. The van der Waals surface area contributed by atoms with Crippen LogP contribution < -0.4 is 21.7 Å². The molecule has 0 bridgehead atoms. The van der Waals surface area contributed by atoms with Gasteiger partial charge in [0.15, 0.2) is 0 Å². The van der Waals surface area contributed by atoms with Gasteiger partial charge in [0.2, 0.25) is 5.91 Å². The Labute approximate surface area is 112 Å². The molecule has 1 aromatic rings. The molecule has 0 spiro atoms. The quantitative estimate of drug-likeness (QED) is 0.644. The van der Waals surface area contributed by atoms with Crippen LogP contribution in [0, 0.1) is 0 Å². The average Bonchev–Trinajstić information content (AvgIpc) is 2.35. The number of hydrogen-bond acceptors (Lipinski definition) is 4. The third kappa shape index (κ3) is 4.17. The molecule has 104 valence electrons. The van der Waals surface area contributed by atoms with Crippen LogP contribution in [0.1, 0.15) is 23.7 Å². The molecule has 0 unspecified atom stereocenters. The lowest BCUT2D eigenvalue weighted by Gasteiger charge is -2.21. The standard InChI is InChI=1S/C13H20N4O2/c1-3-6-16-12(18)8-17(2)11-5-4-9(14)7-10(11)13(15)19/h4-5,7H,3,6,8,14H2,1-2H3,(H2,15,19)(H,16,18). The minimum Gasteiger partial charge on any atom is -0.399 e. The van der Waals surface area contributed by atoms with Crippen molar-refractivity contribution < 1.29 is 9.59 Å². The van der Waals surface area contributed by atoms with Crippen LogP contribution in [0.5, 0.6) is 0 Å². The van der Waals surface area contributed by atoms with Crippen LogP contribution in [0.15, 0.2) is 18.2 Å². The summed E-state index contributed by atoms with van der Waals surface area (Å²) in [5, 5.41) is 2.77. The molecule has 0 radical (unpaired) electrons. The molecule has 0 aromatic heterocycles. The first-order valence-corrected chi connectivity index (χ1v) is 6.12. The van der Waals surface area contributed by atoms with Gasteiger partial charge in [0.25, 0.3) is 5.91 Å². The summed E-state index contributed by atoms with van der Waals surface area (Å²) >= 11 is 0. The van der Waals surface area contributed by atoms with Gasteiger partial charge in [0, 0.05) is 25.0 Å². The van der Waals surface area contributed by atoms with Crippen molar-refractivity contribution in [3.05, 3.63) is 23.8 Å². The Kier molecular flexibility index (Phi) is 5.17. The zero-order valence-corrected chi connectivity index (χ0v) is 11.3. The van der Waals surface area contributed by atoms with Crippen LogP contribution in [0.4, 0.5) is 11.4 Å². The minimum absolute atomic E-state index is 0.100. The maximum absolute atomic E-state index is 11.6. The summed E-state index contributed by atoms with van der Waals surface area (Å²) in [7, 11) is 1.73. The zero-order chi connectivity index (χ0) is 14.4. The van der Waals surface area contributed by atoms with Crippen LogP contribution in [0.2, 0.25) is 0 Å². The molecule has 0 saturated heterocycles. The van der Waals surface area contributed by atoms with Gasteiger partial charge in [-0.05, 0) is 24.6 Å². The number of benzene rings is 1. The second kappa shape index (κ2) is 6.63. The van der Waals surface area contributed by atoms with E-state index in [0.29, 0.717) is 23.5 Å². The smallest absolute Gasteiger partial charge is 0.250 e. The first-order valence-electron chi connectivity index (χ1n) is 6.12. The van der Waals surface area contributed by atoms with Crippen LogP contribution in [0.25, 0.3) is 0 Å². The number of nitrogens with one attached hydrogen (secondary N) is 1. The highest BCUT2D eigenvalue weighted by molar-refractivity contribution is 6.00. The highest BCUT2D eigenvalue weighted by atomic mass is 16.2. The molecule has 19 heavy (non-hydrogen) atoms. The number of nitrogen functional groups attached to an aromatic ring is 1. The number of likely N-dealkylation sites (N-methyl/N-ethyl adjacent to an activating group) is 1. The fourth-order valence-corrected chi connectivity index (χ4v) is 1.70. The lowest BCUT2D eigenvalue weighted by molar-refractivity contribution is -0.119. The number of anilines is 2. The average molecular weight is 264 g/mol. The molecule has 1 rings (SSSR count). The molecule has 0 saturated carbocycles. The maximum atomic E-state index is 11.6. The van der Waals surface area contributed by atoms with Gasteiger partial charge in [-0.1, -0.05) is 6.92 Å². The second-order valence-corrected chi connectivity index (χ2v) is 4.35. The minimum atomic E-state index is -0.567. The summed E-state index contributed by atoms with van der Waals surface area (Å²) in [6, 6.07) is 4.86. The topological polar surface area (TPSA) is 101 Å². The van der Waals surface area contributed by atoms with Gasteiger partial charge in [-0.15, -0.1) is 0 Å². The molecule has 6 heteroatoms. The summed E-state index contributed by atoms with van der Waals surface area (Å²) in [6.45, 7) is 2.77. The van der Waals surface area contributed by atoms with Crippen molar-refractivity contribution in [2.24, 2.45) is 5.73 Å². The monoisotopic (exact) mass is 264 g/mol. The Morgan fingerprint density at radius 2 is 2.05 bits per heavy atom. The number of carbonyl (C=O) groups excluding carboxylic acids is 2. The van der Waals surface area contributed by atoms with E-state index >= 15 is 0 Å². The number of hydrogen-bond donors (Lipinski definition) is 3. The van der Waals surface area contributed by atoms with E-state index in [1.807, 2.05) is 6.92 Å². The Morgan fingerprint density at radius 3 is 2.63 bits per heavy atom. The van der Waals surface area contributed by atoms with E-state index in [4.69, 9.17) is 11.5 Å². The van der Waals surface area contributed by atoms with Crippen molar-refractivity contribution >= 4 is 23.2 Å². The molecule has 0 aliphatic rings. The van der Waals surface area contributed by atoms with Crippen LogP contribution in [-0.2, 0) is 4.79 Å². The van der Waals surface area contributed by atoms with Gasteiger partial charge in [0.1, 0.15) is 0 Å². The van der Waals surface area contributed by atoms with Crippen LogP contribution >= 0.6 is 0 Å². The number of nitrogens with zero attached hydrogens (tertiary/aromatic N) is 1. The lowest BCUT2D eigenvalue weighted by Crippen LogP contribution is -2.36. The molecule has 2 amide bonds. The number of nitrogens with two attached hydrogens (primary N) is 2. The van der Waals surface area contributed by atoms with Crippen molar-refractivity contribution in [2.75, 3.05) is 30.8 Å². The molecular formula is C13H20N4O2. The molecule has 1 aromatic carbocycles. The Balaban J connectivity index is 2.84. The van der Waals surface area contributed by atoms with Crippen LogP contribution in [0.3, 0.4) is 0 Å². The summed E-state index contributed by atoms with van der Waals surface area (Å²) in [6.07, 6.45) is 0.879. The predicted octanol–water partition coefficient (Wildman–Crippen LogP) is 0.330. The number of amides is 2. The first kappa shape index (κ1) is 14.8. The Hall–Kier alpha value is -2.24. The predicted molar refractivity (Wildman–Crippen MR) is 75.9 cm³/mol. The summed E-state index contributed by atoms with van der Waals surface area (Å²) in [4.78, 5) is 24.7. The zero-order valence-electron chi connectivity index (χ0n) is 11.3. The third-order valence-electron chi connectivity index (χ3n) is 2.65. The summed E-state index contributed by atoms with van der Waals surface area (Å²) in [5.41, 5.74) is 12.3. The number of rotatable bonds is 6. The summed E-state index contributed by atoms with van der Waals surface area (Å²) in [5.74, 6) is -0.667. The molecule has 0 aliphatic heterocycles. The normalized spacial score (nSPS) is 10.0. The van der Waals surface area contributed by atoms with E-state index in [9.17, 15) is 9.59 Å². The van der Waals surface area contributed by atoms with Crippen molar-refractivity contribution in [3.63, 3.8) is 0 Å². The highest BCUT2D eigenvalue weighted by Gasteiger charge is 2.14. The third-order valence-corrected chi connectivity index (χ3v) is 2.65. The maximum Gasteiger partial charge on any atom is 0.250 e. The van der Waals surface area contributed by atoms with Gasteiger partial charge in [-0.3, -0.25) is 9.59 Å².